The Morgan fingerprint density at radius 2 is 2.06 bits per heavy atom. The molecule has 0 bridgehead atoms. The van der Waals surface area contributed by atoms with E-state index in [1.165, 1.54) is 4.88 Å². The summed E-state index contributed by atoms with van der Waals surface area (Å²) in [5.74, 6) is 0.813. The second kappa shape index (κ2) is 5.99. The van der Waals surface area contributed by atoms with Crippen molar-refractivity contribution in [2.75, 3.05) is 11.9 Å². The molecular formula is C12H13BrClN3S. The highest BCUT2D eigenvalue weighted by molar-refractivity contribution is 9.11. The number of hydrogen-bond acceptors (Lipinski definition) is 4. The van der Waals surface area contributed by atoms with E-state index in [0.717, 1.165) is 33.7 Å². The van der Waals surface area contributed by atoms with E-state index in [0.29, 0.717) is 5.15 Å². The minimum atomic E-state index is 0.472. The van der Waals surface area contributed by atoms with Gasteiger partial charge in [0.1, 0.15) is 0 Å². The van der Waals surface area contributed by atoms with Gasteiger partial charge in [-0.2, -0.15) is 0 Å². The SMILES string of the molecule is Cc1c(Cl)nnc(NCCc2ccc(Br)s2)c1C. The lowest BCUT2D eigenvalue weighted by Gasteiger charge is -2.09. The van der Waals surface area contributed by atoms with Crippen molar-refractivity contribution in [2.45, 2.75) is 20.3 Å². The van der Waals surface area contributed by atoms with Gasteiger partial charge in [0.15, 0.2) is 11.0 Å². The molecule has 2 heterocycles. The van der Waals surface area contributed by atoms with Gasteiger partial charge in [0.25, 0.3) is 0 Å². The summed E-state index contributed by atoms with van der Waals surface area (Å²) in [7, 11) is 0. The molecule has 0 atom stereocenters. The molecule has 0 aromatic carbocycles. The lowest BCUT2D eigenvalue weighted by atomic mass is 10.2. The van der Waals surface area contributed by atoms with E-state index >= 15 is 0 Å². The molecule has 0 aliphatic rings. The monoisotopic (exact) mass is 345 g/mol. The average molecular weight is 347 g/mol. The number of nitrogens with one attached hydrogen (secondary N) is 1. The first-order valence-electron chi connectivity index (χ1n) is 5.55. The first-order valence-corrected chi connectivity index (χ1v) is 7.54. The maximum Gasteiger partial charge on any atom is 0.155 e. The molecule has 2 aromatic heterocycles. The van der Waals surface area contributed by atoms with Crippen LogP contribution in [0.4, 0.5) is 5.82 Å². The maximum atomic E-state index is 5.91. The molecule has 18 heavy (non-hydrogen) atoms. The van der Waals surface area contributed by atoms with E-state index < -0.39 is 0 Å². The Morgan fingerprint density at radius 3 is 2.72 bits per heavy atom. The highest BCUT2D eigenvalue weighted by Gasteiger charge is 2.07. The molecule has 0 amide bonds. The van der Waals surface area contributed by atoms with Crippen LogP contribution in [0.3, 0.4) is 0 Å². The fourth-order valence-electron chi connectivity index (χ4n) is 1.53. The summed E-state index contributed by atoms with van der Waals surface area (Å²) in [6, 6.07) is 4.19. The van der Waals surface area contributed by atoms with Crippen molar-refractivity contribution in [1.82, 2.24) is 10.2 Å². The molecule has 3 nitrogen and oxygen atoms in total. The molecule has 0 aliphatic carbocycles. The largest absolute Gasteiger partial charge is 0.368 e. The van der Waals surface area contributed by atoms with Gasteiger partial charge in [0.05, 0.1) is 3.79 Å². The Bertz CT molecular complexity index is 556. The second-order valence-corrected chi connectivity index (χ2v) is 6.88. The van der Waals surface area contributed by atoms with Crippen LogP contribution < -0.4 is 5.32 Å². The summed E-state index contributed by atoms with van der Waals surface area (Å²) < 4.78 is 1.16. The highest BCUT2D eigenvalue weighted by atomic mass is 79.9. The number of nitrogens with zero attached hydrogens (tertiary/aromatic N) is 2. The zero-order chi connectivity index (χ0) is 13.1. The minimum absolute atomic E-state index is 0.472. The topological polar surface area (TPSA) is 37.8 Å². The zero-order valence-corrected chi connectivity index (χ0v) is 13.3. The molecule has 0 saturated carbocycles. The van der Waals surface area contributed by atoms with Crippen molar-refractivity contribution < 1.29 is 0 Å². The van der Waals surface area contributed by atoms with E-state index in [4.69, 9.17) is 11.6 Å². The third-order valence-electron chi connectivity index (χ3n) is 2.76. The summed E-state index contributed by atoms with van der Waals surface area (Å²) >= 11 is 11.1. The van der Waals surface area contributed by atoms with Gasteiger partial charge in [0.2, 0.25) is 0 Å². The Balaban J connectivity index is 1.96. The predicted octanol–water partition coefficient (Wildman–Crippen LogP) is 4.23. The van der Waals surface area contributed by atoms with Crippen LogP contribution in [-0.2, 0) is 6.42 Å². The molecule has 6 heteroatoms. The lowest BCUT2D eigenvalue weighted by molar-refractivity contribution is 0.955. The fourth-order valence-corrected chi connectivity index (χ4v) is 3.20. The van der Waals surface area contributed by atoms with Gasteiger partial charge in [0, 0.05) is 11.4 Å². The van der Waals surface area contributed by atoms with Crippen molar-refractivity contribution in [3.8, 4) is 0 Å². The number of aromatic nitrogens is 2. The molecule has 1 N–H and O–H groups in total. The second-order valence-electron chi connectivity index (χ2n) is 3.97. The molecule has 2 aromatic rings. The van der Waals surface area contributed by atoms with Crippen LogP contribution in [0.15, 0.2) is 15.9 Å². The van der Waals surface area contributed by atoms with Crippen molar-refractivity contribution in [3.63, 3.8) is 0 Å². The Labute approximate surface area is 124 Å². The van der Waals surface area contributed by atoms with Crippen LogP contribution >= 0.6 is 38.9 Å². The van der Waals surface area contributed by atoms with Crippen molar-refractivity contribution in [1.29, 1.82) is 0 Å². The number of anilines is 1. The minimum Gasteiger partial charge on any atom is -0.368 e. The molecular weight excluding hydrogens is 334 g/mol. The van der Waals surface area contributed by atoms with Gasteiger partial charge in [-0.15, -0.1) is 21.5 Å². The average Bonchev–Trinajstić information content (AvgIpc) is 2.75. The van der Waals surface area contributed by atoms with Crippen LogP contribution in [0.5, 0.6) is 0 Å². The van der Waals surface area contributed by atoms with E-state index in [2.05, 4.69) is 43.6 Å². The molecule has 0 aliphatic heterocycles. The van der Waals surface area contributed by atoms with Crippen molar-refractivity contribution in [2.24, 2.45) is 0 Å². The Morgan fingerprint density at radius 1 is 1.28 bits per heavy atom. The molecule has 0 fully saturated rings. The Kier molecular flexibility index (Phi) is 4.59. The molecule has 0 radical (unpaired) electrons. The first-order chi connectivity index (χ1) is 8.58. The number of hydrogen-bond donors (Lipinski definition) is 1. The van der Waals surface area contributed by atoms with Crippen LogP contribution in [-0.4, -0.2) is 16.7 Å². The smallest absolute Gasteiger partial charge is 0.155 e. The Hall–Kier alpha value is -0.650. The first kappa shape index (κ1) is 13.8. The maximum absolute atomic E-state index is 5.91. The molecule has 0 spiro atoms. The summed E-state index contributed by atoms with van der Waals surface area (Å²) in [6.45, 7) is 4.79. The predicted molar refractivity (Wildman–Crippen MR) is 80.7 cm³/mol. The van der Waals surface area contributed by atoms with Crippen molar-refractivity contribution >= 4 is 44.7 Å². The van der Waals surface area contributed by atoms with Crippen LogP contribution in [0.25, 0.3) is 0 Å². The van der Waals surface area contributed by atoms with Gasteiger partial charge in [-0.1, -0.05) is 11.6 Å². The number of thiophene rings is 1. The molecule has 0 unspecified atom stereocenters. The summed E-state index contributed by atoms with van der Waals surface area (Å²) in [6.07, 6.45) is 0.971. The van der Waals surface area contributed by atoms with Crippen LogP contribution in [0.2, 0.25) is 5.15 Å². The third-order valence-corrected chi connectivity index (χ3v) is 4.80. The highest BCUT2D eigenvalue weighted by Crippen LogP contribution is 2.23. The molecule has 2 rings (SSSR count). The van der Waals surface area contributed by atoms with Gasteiger partial charge in [-0.05, 0) is 59.5 Å². The van der Waals surface area contributed by atoms with Crippen molar-refractivity contribution in [3.05, 3.63) is 37.1 Å². The third kappa shape index (κ3) is 3.22. The van der Waals surface area contributed by atoms with E-state index in [9.17, 15) is 0 Å². The zero-order valence-electron chi connectivity index (χ0n) is 10.1. The lowest BCUT2D eigenvalue weighted by Crippen LogP contribution is -2.09. The van der Waals surface area contributed by atoms with Gasteiger partial charge < -0.3 is 5.32 Å². The number of rotatable bonds is 4. The van der Waals surface area contributed by atoms with E-state index in [1.54, 1.807) is 11.3 Å². The van der Waals surface area contributed by atoms with E-state index in [-0.39, 0.29) is 0 Å². The summed E-state index contributed by atoms with van der Waals surface area (Å²) in [5.41, 5.74) is 2.04. The molecule has 0 saturated heterocycles. The van der Waals surface area contributed by atoms with Crippen LogP contribution in [0, 0.1) is 13.8 Å². The van der Waals surface area contributed by atoms with Gasteiger partial charge in [-0.3, -0.25) is 0 Å². The van der Waals surface area contributed by atoms with Crippen LogP contribution in [0.1, 0.15) is 16.0 Å². The van der Waals surface area contributed by atoms with E-state index in [1.807, 2.05) is 13.8 Å². The van der Waals surface area contributed by atoms with Gasteiger partial charge in [-0.25, -0.2) is 0 Å². The van der Waals surface area contributed by atoms with Gasteiger partial charge >= 0.3 is 0 Å². The fraction of sp³-hybridized carbons (Fsp3) is 0.333. The normalized spacial score (nSPS) is 10.7. The number of halogens is 2. The summed E-state index contributed by atoms with van der Waals surface area (Å²) in [5, 5.41) is 11.8. The standard InChI is InChI=1S/C12H13BrClN3S/c1-7-8(2)12(17-16-11(7)14)15-6-5-9-3-4-10(13)18-9/h3-4H,5-6H2,1-2H3,(H,15,17). The summed E-state index contributed by atoms with van der Waals surface area (Å²) in [4.78, 5) is 1.34. The quantitative estimate of drug-likeness (QED) is 0.900. The molecule has 96 valence electrons.